The quantitative estimate of drug-likeness (QED) is 0.595. The van der Waals surface area contributed by atoms with Gasteiger partial charge in [-0.25, -0.2) is 4.39 Å². The molecule has 1 aromatic carbocycles. The molecular weight excluding hydrogens is 147 g/mol. The van der Waals surface area contributed by atoms with Crippen molar-refractivity contribution in [2.24, 2.45) is 0 Å². The van der Waals surface area contributed by atoms with Gasteiger partial charge in [0.2, 0.25) is 0 Å². The zero-order chi connectivity index (χ0) is 8.48. The standard InChI is InChI=1S/C8H9FO2/c1-8(10,11)6-3-2-4-7(9)5-6/h2-5,10-11H,1H3. The van der Waals surface area contributed by atoms with E-state index in [0.29, 0.717) is 0 Å². The molecule has 0 bridgehead atoms. The molecule has 0 aliphatic rings. The maximum atomic E-state index is 12.5. The van der Waals surface area contributed by atoms with Gasteiger partial charge >= 0.3 is 0 Å². The first-order chi connectivity index (χ1) is 5.00. The molecule has 0 amide bonds. The van der Waals surface area contributed by atoms with Gasteiger partial charge in [-0.1, -0.05) is 12.1 Å². The van der Waals surface area contributed by atoms with Gasteiger partial charge in [0, 0.05) is 5.56 Å². The molecule has 0 radical (unpaired) electrons. The fourth-order valence-corrected chi connectivity index (χ4v) is 0.783. The van der Waals surface area contributed by atoms with Crippen molar-refractivity contribution in [1.82, 2.24) is 0 Å². The molecule has 2 nitrogen and oxygen atoms in total. The molecule has 3 heteroatoms. The van der Waals surface area contributed by atoms with E-state index in [-0.39, 0.29) is 5.56 Å². The summed E-state index contributed by atoms with van der Waals surface area (Å²) in [5.74, 6) is -2.43. The van der Waals surface area contributed by atoms with Gasteiger partial charge in [0.25, 0.3) is 0 Å². The molecular formula is C8H9FO2. The average molecular weight is 156 g/mol. The van der Waals surface area contributed by atoms with E-state index in [9.17, 15) is 4.39 Å². The first-order valence-electron chi connectivity index (χ1n) is 3.21. The number of benzene rings is 1. The van der Waals surface area contributed by atoms with Gasteiger partial charge in [0.05, 0.1) is 0 Å². The summed E-state index contributed by atoms with van der Waals surface area (Å²) in [4.78, 5) is 0. The molecule has 0 unspecified atom stereocenters. The largest absolute Gasteiger partial charge is 0.362 e. The molecule has 0 saturated heterocycles. The molecule has 1 rings (SSSR count). The molecule has 0 fully saturated rings. The summed E-state index contributed by atoms with van der Waals surface area (Å²) >= 11 is 0. The second kappa shape index (κ2) is 2.60. The van der Waals surface area contributed by atoms with E-state index < -0.39 is 11.6 Å². The van der Waals surface area contributed by atoms with Crippen molar-refractivity contribution in [1.29, 1.82) is 0 Å². The summed E-state index contributed by atoms with van der Waals surface area (Å²) in [6, 6.07) is 5.20. The molecule has 0 aromatic heterocycles. The molecule has 0 heterocycles. The summed E-state index contributed by atoms with van der Waals surface area (Å²) < 4.78 is 12.5. The number of hydrogen-bond donors (Lipinski definition) is 2. The van der Waals surface area contributed by atoms with E-state index in [0.717, 1.165) is 6.07 Å². The predicted octanol–water partition coefficient (Wildman–Crippen LogP) is 0.983. The van der Waals surface area contributed by atoms with Crippen LogP contribution in [0.15, 0.2) is 24.3 Å². The van der Waals surface area contributed by atoms with E-state index in [4.69, 9.17) is 10.2 Å². The minimum absolute atomic E-state index is 0.150. The number of halogens is 1. The van der Waals surface area contributed by atoms with Gasteiger partial charge in [0.1, 0.15) is 5.82 Å². The topological polar surface area (TPSA) is 40.5 Å². The van der Waals surface area contributed by atoms with Crippen molar-refractivity contribution in [3.05, 3.63) is 35.6 Å². The Balaban J connectivity index is 3.06. The zero-order valence-electron chi connectivity index (χ0n) is 6.08. The lowest BCUT2D eigenvalue weighted by molar-refractivity contribution is -0.152. The van der Waals surface area contributed by atoms with Crippen LogP contribution in [0.25, 0.3) is 0 Å². The first-order valence-corrected chi connectivity index (χ1v) is 3.21. The Bertz CT molecular complexity index is 253. The third kappa shape index (κ3) is 2.00. The van der Waals surface area contributed by atoms with Crippen LogP contribution < -0.4 is 0 Å². The fourth-order valence-electron chi connectivity index (χ4n) is 0.783. The van der Waals surface area contributed by atoms with E-state index in [1.165, 1.54) is 25.1 Å². The lowest BCUT2D eigenvalue weighted by Gasteiger charge is -2.15. The third-order valence-electron chi connectivity index (χ3n) is 1.37. The summed E-state index contributed by atoms with van der Waals surface area (Å²) in [6.07, 6.45) is 0. The van der Waals surface area contributed by atoms with Crippen molar-refractivity contribution in [3.63, 3.8) is 0 Å². The van der Waals surface area contributed by atoms with Crippen molar-refractivity contribution in [2.75, 3.05) is 0 Å². The van der Waals surface area contributed by atoms with Crippen molar-refractivity contribution in [2.45, 2.75) is 12.7 Å². The molecule has 0 saturated carbocycles. The second-order valence-electron chi connectivity index (χ2n) is 2.53. The third-order valence-corrected chi connectivity index (χ3v) is 1.37. The normalized spacial score (nSPS) is 11.6. The van der Waals surface area contributed by atoms with Crippen LogP contribution in [0.5, 0.6) is 0 Å². The number of hydrogen-bond acceptors (Lipinski definition) is 2. The molecule has 0 aliphatic carbocycles. The van der Waals surface area contributed by atoms with Gasteiger partial charge in [-0.05, 0) is 19.1 Å². The summed E-state index contributed by atoms with van der Waals surface area (Å²) in [7, 11) is 0. The molecule has 0 spiro atoms. The van der Waals surface area contributed by atoms with Gasteiger partial charge in [-0.15, -0.1) is 0 Å². The van der Waals surface area contributed by atoms with Gasteiger partial charge in [-0.2, -0.15) is 0 Å². The summed E-state index contributed by atoms with van der Waals surface area (Å²) in [5.41, 5.74) is 0.150. The second-order valence-corrected chi connectivity index (χ2v) is 2.53. The highest BCUT2D eigenvalue weighted by atomic mass is 19.1. The maximum absolute atomic E-state index is 12.5. The monoisotopic (exact) mass is 156 g/mol. The van der Waals surface area contributed by atoms with Gasteiger partial charge in [0.15, 0.2) is 5.79 Å². The SMILES string of the molecule is CC(O)(O)c1cccc(F)c1. The Morgan fingerprint density at radius 3 is 2.36 bits per heavy atom. The van der Waals surface area contributed by atoms with Crippen LogP contribution in [0.3, 0.4) is 0 Å². The van der Waals surface area contributed by atoms with Crippen LogP contribution in [0.2, 0.25) is 0 Å². The van der Waals surface area contributed by atoms with E-state index in [2.05, 4.69) is 0 Å². The maximum Gasteiger partial charge on any atom is 0.186 e. The summed E-state index contributed by atoms with van der Waals surface area (Å²) in [5, 5.41) is 18.0. The molecule has 0 aliphatic heterocycles. The highest BCUT2D eigenvalue weighted by Gasteiger charge is 2.17. The Morgan fingerprint density at radius 2 is 2.00 bits per heavy atom. The fraction of sp³-hybridized carbons (Fsp3) is 0.250. The highest BCUT2D eigenvalue weighted by Crippen LogP contribution is 2.16. The molecule has 2 N–H and O–H groups in total. The Labute approximate surface area is 63.9 Å². The average Bonchev–Trinajstić information content (AvgIpc) is 1.86. The van der Waals surface area contributed by atoms with Crippen LogP contribution in [0, 0.1) is 5.82 Å². The van der Waals surface area contributed by atoms with Gasteiger partial charge in [-0.3, -0.25) is 0 Å². The predicted molar refractivity (Wildman–Crippen MR) is 38.2 cm³/mol. The molecule has 11 heavy (non-hydrogen) atoms. The molecule has 1 aromatic rings. The Morgan fingerprint density at radius 1 is 1.36 bits per heavy atom. The molecule has 60 valence electrons. The van der Waals surface area contributed by atoms with Crippen LogP contribution in [-0.2, 0) is 5.79 Å². The van der Waals surface area contributed by atoms with Crippen LogP contribution in [0.4, 0.5) is 4.39 Å². The van der Waals surface area contributed by atoms with E-state index in [1.807, 2.05) is 0 Å². The van der Waals surface area contributed by atoms with Crippen LogP contribution in [-0.4, -0.2) is 10.2 Å². The van der Waals surface area contributed by atoms with Gasteiger partial charge < -0.3 is 10.2 Å². The lowest BCUT2D eigenvalue weighted by atomic mass is 10.1. The van der Waals surface area contributed by atoms with E-state index >= 15 is 0 Å². The number of aliphatic hydroxyl groups is 2. The Hall–Kier alpha value is -0.930. The van der Waals surface area contributed by atoms with Crippen molar-refractivity contribution in [3.8, 4) is 0 Å². The lowest BCUT2D eigenvalue weighted by Crippen LogP contribution is -2.19. The minimum Gasteiger partial charge on any atom is -0.362 e. The van der Waals surface area contributed by atoms with Crippen LogP contribution in [0.1, 0.15) is 12.5 Å². The number of rotatable bonds is 1. The van der Waals surface area contributed by atoms with Crippen molar-refractivity contribution < 1.29 is 14.6 Å². The smallest absolute Gasteiger partial charge is 0.186 e. The van der Waals surface area contributed by atoms with Crippen molar-refractivity contribution >= 4 is 0 Å². The molecule has 0 atom stereocenters. The van der Waals surface area contributed by atoms with Crippen LogP contribution >= 0.6 is 0 Å². The summed E-state index contributed by atoms with van der Waals surface area (Å²) in [6.45, 7) is 1.18. The first kappa shape index (κ1) is 8.17. The minimum atomic E-state index is -1.96. The Kier molecular flexibility index (Phi) is 1.93. The van der Waals surface area contributed by atoms with E-state index in [1.54, 1.807) is 0 Å². The zero-order valence-corrected chi connectivity index (χ0v) is 6.08. The highest BCUT2D eigenvalue weighted by molar-refractivity contribution is 5.19.